The minimum absolute atomic E-state index is 0.350. The predicted octanol–water partition coefficient (Wildman–Crippen LogP) is 5.95. The second kappa shape index (κ2) is 7.51. The molecule has 4 heteroatoms. The van der Waals surface area contributed by atoms with Crippen LogP contribution in [0.5, 0.6) is 0 Å². The van der Waals surface area contributed by atoms with Crippen LogP contribution in [0.1, 0.15) is 65.9 Å². The highest BCUT2D eigenvalue weighted by molar-refractivity contribution is 5.98. The number of aromatic carboxylic acids is 1. The SMILES string of the molecule is O=C(O)c1ccc2c(C3CCCCC3)c3n(c2c1)C/C=C\CCc1ccncc1-3. The van der Waals surface area contributed by atoms with Crippen molar-refractivity contribution in [3.63, 3.8) is 0 Å². The van der Waals surface area contributed by atoms with Gasteiger partial charge in [-0.3, -0.25) is 4.98 Å². The smallest absolute Gasteiger partial charge is 0.335 e. The van der Waals surface area contributed by atoms with Crippen LogP contribution in [-0.2, 0) is 13.0 Å². The second-order valence-corrected chi connectivity index (χ2v) is 8.29. The molecule has 148 valence electrons. The number of fused-ring (bicyclic) bond motifs is 5. The van der Waals surface area contributed by atoms with Crippen molar-refractivity contribution in [2.45, 2.75) is 57.4 Å². The summed E-state index contributed by atoms with van der Waals surface area (Å²) < 4.78 is 2.33. The van der Waals surface area contributed by atoms with Gasteiger partial charge in [-0.05, 0) is 60.9 Å². The highest BCUT2D eigenvalue weighted by Crippen LogP contribution is 2.45. The van der Waals surface area contributed by atoms with Gasteiger partial charge in [0.25, 0.3) is 0 Å². The summed E-state index contributed by atoms with van der Waals surface area (Å²) in [6, 6.07) is 7.80. The number of pyridine rings is 1. The van der Waals surface area contributed by atoms with Crippen LogP contribution >= 0.6 is 0 Å². The maximum atomic E-state index is 11.7. The number of hydrogen-bond donors (Lipinski definition) is 1. The number of nitrogens with zero attached hydrogens (tertiary/aromatic N) is 2. The van der Waals surface area contributed by atoms with Crippen LogP contribution in [0.2, 0.25) is 0 Å². The quantitative estimate of drug-likeness (QED) is 0.554. The van der Waals surface area contributed by atoms with Crippen molar-refractivity contribution in [3.8, 4) is 11.3 Å². The van der Waals surface area contributed by atoms with E-state index in [1.165, 1.54) is 59.9 Å². The molecule has 5 rings (SSSR count). The molecule has 2 aromatic heterocycles. The second-order valence-electron chi connectivity index (χ2n) is 8.29. The van der Waals surface area contributed by atoms with Crippen molar-refractivity contribution in [1.29, 1.82) is 0 Å². The minimum Gasteiger partial charge on any atom is -0.478 e. The summed E-state index contributed by atoms with van der Waals surface area (Å²) in [5, 5.41) is 10.8. The summed E-state index contributed by atoms with van der Waals surface area (Å²) in [5.74, 6) is -0.349. The molecule has 0 radical (unpaired) electrons. The molecule has 0 spiro atoms. The van der Waals surface area contributed by atoms with Crippen molar-refractivity contribution in [2.75, 3.05) is 0 Å². The average Bonchev–Trinajstić information content (AvgIpc) is 3.11. The van der Waals surface area contributed by atoms with Crippen LogP contribution in [0.25, 0.3) is 22.2 Å². The molecule has 0 unspecified atom stereocenters. The topological polar surface area (TPSA) is 55.1 Å². The molecule has 1 aliphatic heterocycles. The monoisotopic (exact) mass is 386 g/mol. The van der Waals surface area contributed by atoms with E-state index in [0.29, 0.717) is 11.5 Å². The first kappa shape index (κ1) is 18.2. The Morgan fingerprint density at radius 1 is 1.10 bits per heavy atom. The van der Waals surface area contributed by atoms with Gasteiger partial charge in [-0.1, -0.05) is 37.5 Å². The summed E-state index contributed by atoms with van der Waals surface area (Å²) in [5.41, 5.74) is 6.58. The molecule has 0 amide bonds. The number of hydrogen-bond acceptors (Lipinski definition) is 2. The normalized spacial score (nSPS) is 18.3. The molecular formula is C25H26N2O2. The van der Waals surface area contributed by atoms with E-state index in [9.17, 15) is 9.90 Å². The molecule has 4 nitrogen and oxygen atoms in total. The van der Waals surface area contributed by atoms with Crippen LogP contribution in [0.15, 0.2) is 48.8 Å². The fourth-order valence-corrected chi connectivity index (χ4v) is 5.18. The summed E-state index contributed by atoms with van der Waals surface area (Å²) in [7, 11) is 0. The average molecular weight is 386 g/mol. The lowest BCUT2D eigenvalue weighted by Gasteiger charge is -2.24. The van der Waals surface area contributed by atoms with Gasteiger partial charge in [0.1, 0.15) is 0 Å². The first-order valence-corrected chi connectivity index (χ1v) is 10.7. The first-order valence-electron chi connectivity index (χ1n) is 10.7. The third-order valence-electron chi connectivity index (χ3n) is 6.57. The van der Waals surface area contributed by atoms with E-state index in [-0.39, 0.29) is 0 Å². The van der Waals surface area contributed by atoms with E-state index in [1.54, 1.807) is 6.07 Å². The van der Waals surface area contributed by atoms with Gasteiger partial charge in [0, 0.05) is 35.4 Å². The van der Waals surface area contributed by atoms with E-state index in [4.69, 9.17) is 0 Å². The van der Waals surface area contributed by atoms with Gasteiger partial charge in [-0.15, -0.1) is 0 Å². The number of aryl methyl sites for hydroxylation is 1. The Kier molecular flexibility index (Phi) is 4.70. The van der Waals surface area contributed by atoms with E-state index >= 15 is 0 Å². The number of rotatable bonds is 2. The molecule has 1 N–H and O–H groups in total. The Hall–Kier alpha value is -2.88. The molecule has 1 aliphatic carbocycles. The Bertz CT molecular complexity index is 1100. The fourth-order valence-electron chi connectivity index (χ4n) is 5.18. The Labute approximate surface area is 170 Å². The number of carboxylic acid groups (broad SMARTS) is 1. The Balaban J connectivity index is 1.86. The molecule has 0 bridgehead atoms. The van der Waals surface area contributed by atoms with Crippen molar-refractivity contribution < 1.29 is 9.90 Å². The molecule has 1 saturated carbocycles. The summed E-state index contributed by atoms with van der Waals surface area (Å²) in [4.78, 5) is 16.1. The summed E-state index contributed by atoms with van der Waals surface area (Å²) >= 11 is 0. The molecular weight excluding hydrogens is 360 g/mol. The largest absolute Gasteiger partial charge is 0.478 e. The first-order chi connectivity index (χ1) is 14.2. The van der Waals surface area contributed by atoms with E-state index in [0.717, 1.165) is 24.9 Å². The highest BCUT2D eigenvalue weighted by Gasteiger charge is 2.28. The molecule has 1 fully saturated rings. The van der Waals surface area contributed by atoms with Crippen LogP contribution in [-0.4, -0.2) is 20.6 Å². The molecule has 0 atom stereocenters. The lowest BCUT2D eigenvalue weighted by molar-refractivity contribution is 0.0697. The molecule has 2 aliphatic rings. The lowest BCUT2D eigenvalue weighted by atomic mass is 9.81. The van der Waals surface area contributed by atoms with E-state index in [2.05, 4.69) is 27.8 Å². The maximum Gasteiger partial charge on any atom is 0.335 e. The molecule has 3 heterocycles. The van der Waals surface area contributed by atoms with Gasteiger partial charge in [0.05, 0.1) is 11.3 Å². The Morgan fingerprint density at radius 3 is 2.79 bits per heavy atom. The number of aromatic nitrogens is 2. The molecule has 29 heavy (non-hydrogen) atoms. The molecule has 1 aromatic carbocycles. The van der Waals surface area contributed by atoms with Crippen molar-refractivity contribution in [2.24, 2.45) is 0 Å². The number of carbonyl (C=O) groups is 1. The zero-order valence-electron chi connectivity index (χ0n) is 16.6. The number of carboxylic acids is 1. The van der Waals surface area contributed by atoms with Crippen LogP contribution in [0.3, 0.4) is 0 Å². The zero-order chi connectivity index (χ0) is 19.8. The van der Waals surface area contributed by atoms with Crippen LogP contribution in [0, 0.1) is 0 Å². The highest BCUT2D eigenvalue weighted by atomic mass is 16.4. The third kappa shape index (κ3) is 3.17. The van der Waals surface area contributed by atoms with Crippen molar-refractivity contribution >= 4 is 16.9 Å². The van der Waals surface area contributed by atoms with E-state index in [1.807, 2.05) is 24.5 Å². The van der Waals surface area contributed by atoms with Crippen molar-refractivity contribution in [1.82, 2.24) is 9.55 Å². The van der Waals surface area contributed by atoms with Gasteiger partial charge in [0.15, 0.2) is 0 Å². The zero-order valence-corrected chi connectivity index (χ0v) is 16.6. The minimum atomic E-state index is -0.873. The van der Waals surface area contributed by atoms with Crippen LogP contribution in [0.4, 0.5) is 0 Å². The van der Waals surface area contributed by atoms with Gasteiger partial charge in [0.2, 0.25) is 0 Å². The maximum absolute atomic E-state index is 11.7. The third-order valence-corrected chi connectivity index (χ3v) is 6.57. The summed E-state index contributed by atoms with van der Waals surface area (Å²) in [6.45, 7) is 0.760. The number of benzene rings is 1. The lowest BCUT2D eigenvalue weighted by Crippen LogP contribution is -2.08. The fraction of sp³-hybridized carbons (Fsp3) is 0.360. The van der Waals surface area contributed by atoms with E-state index < -0.39 is 5.97 Å². The van der Waals surface area contributed by atoms with Gasteiger partial charge < -0.3 is 9.67 Å². The molecule has 0 saturated heterocycles. The predicted molar refractivity (Wildman–Crippen MR) is 115 cm³/mol. The Morgan fingerprint density at radius 2 is 1.97 bits per heavy atom. The van der Waals surface area contributed by atoms with Gasteiger partial charge >= 0.3 is 5.97 Å². The van der Waals surface area contributed by atoms with Crippen LogP contribution < -0.4 is 0 Å². The number of allylic oxidation sites excluding steroid dienone is 2. The van der Waals surface area contributed by atoms with Gasteiger partial charge in [-0.2, -0.15) is 0 Å². The van der Waals surface area contributed by atoms with Gasteiger partial charge in [-0.25, -0.2) is 4.79 Å². The molecule has 3 aromatic rings. The standard InChI is InChI=1S/C25H26N2O2/c28-25(29)19-10-11-20-22(15-19)27-14-6-2-5-7-17-12-13-26-16-21(17)24(27)23(20)18-8-3-1-4-9-18/h2,6,10-13,15-16,18H,1,3-5,7-9,14H2,(H,28,29)/b6-2-. The summed E-state index contributed by atoms with van der Waals surface area (Å²) in [6.07, 6.45) is 16.6. The van der Waals surface area contributed by atoms with Crippen molar-refractivity contribution in [3.05, 3.63) is 65.5 Å².